The Balaban J connectivity index is 1.69. The highest BCUT2D eigenvalue weighted by Gasteiger charge is 2.34. The van der Waals surface area contributed by atoms with Crippen molar-refractivity contribution in [3.05, 3.63) is 27.8 Å². The summed E-state index contributed by atoms with van der Waals surface area (Å²) in [5, 5.41) is 7.48. The van der Waals surface area contributed by atoms with E-state index in [0.29, 0.717) is 6.04 Å². The van der Waals surface area contributed by atoms with Gasteiger partial charge in [0.25, 0.3) is 0 Å². The van der Waals surface area contributed by atoms with Crippen LogP contribution in [0.25, 0.3) is 0 Å². The van der Waals surface area contributed by atoms with Crippen molar-refractivity contribution >= 4 is 28.3 Å². The minimum Gasteiger partial charge on any atom is -0.381 e. The summed E-state index contributed by atoms with van der Waals surface area (Å²) < 4.78 is 1.33. The van der Waals surface area contributed by atoms with E-state index in [-0.39, 0.29) is 0 Å². The van der Waals surface area contributed by atoms with Crippen LogP contribution in [0.15, 0.2) is 24.3 Å². The lowest BCUT2D eigenvalue weighted by molar-refractivity contribution is 0.376. The standard InChI is InChI=1S/C15H21IN2/c16-12-6-1-2-7-15(12)18-14-8-3-5-11(14)13-9-4-10-17-13/h1-2,6-7,11,13-14,17-18H,3-5,8-10H2. The Morgan fingerprint density at radius 2 is 2.00 bits per heavy atom. The molecule has 1 aliphatic heterocycles. The van der Waals surface area contributed by atoms with Gasteiger partial charge in [0.2, 0.25) is 0 Å². The van der Waals surface area contributed by atoms with E-state index in [4.69, 9.17) is 0 Å². The van der Waals surface area contributed by atoms with Crippen LogP contribution in [-0.2, 0) is 0 Å². The lowest BCUT2D eigenvalue weighted by atomic mass is 9.93. The van der Waals surface area contributed by atoms with Gasteiger partial charge in [-0.1, -0.05) is 18.6 Å². The second kappa shape index (κ2) is 5.78. The van der Waals surface area contributed by atoms with Crippen LogP contribution in [0.2, 0.25) is 0 Å². The molecule has 2 fully saturated rings. The van der Waals surface area contributed by atoms with E-state index in [1.54, 1.807) is 0 Å². The Morgan fingerprint density at radius 1 is 1.11 bits per heavy atom. The van der Waals surface area contributed by atoms with Crippen LogP contribution in [0.4, 0.5) is 5.69 Å². The summed E-state index contributed by atoms with van der Waals surface area (Å²) in [5.41, 5.74) is 1.31. The molecular weight excluding hydrogens is 335 g/mol. The topological polar surface area (TPSA) is 24.1 Å². The summed E-state index contributed by atoms with van der Waals surface area (Å²) in [6.07, 6.45) is 6.82. The fourth-order valence-corrected chi connectivity index (χ4v) is 4.05. The molecule has 2 N–H and O–H groups in total. The van der Waals surface area contributed by atoms with Crippen LogP contribution in [0.1, 0.15) is 32.1 Å². The molecule has 98 valence electrons. The molecule has 3 atom stereocenters. The zero-order chi connectivity index (χ0) is 12.4. The predicted octanol–water partition coefficient (Wildman–Crippen LogP) is 3.62. The SMILES string of the molecule is Ic1ccccc1NC1CCCC1C1CCCN1. The molecule has 1 heterocycles. The number of hydrogen-bond acceptors (Lipinski definition) is 2. The average Bonchev–Trinajstić information content (AvgIpc) is 3.02. The smallest absolute Gasteiger partial charge is 0.0478 e. The quantitative estimate of drug-likeness (QED) is 0.809. The monoisotopic (exact) mass is 356 g/mol. The van der Waals surface area contributed by atoms with Gasteiger partial charge in [0.15, 0.2) is 0 Å². The van der Waals surface area contributed by atoms with Crippen molar-refractivity contribution in [2.45, 2.75) is 44.2 Å². The van der Waals surface area contributed by atoms with Crippen molar-refractivity contribution in [1.82, 2.24) is 5.32 Å². The number of anilines is 1. The maximum Gasteiger partial charge on any atom is 0.0478 e. The lowest BCUT2D eigenvalue weighted by Gasteiger charge is -2.27. The van der Waals surface area contributed by atoms with Crippen molar-refractivity contribution in [3.8, 4) is 0 Å². The van der Waals surface area contributed by atoms with Gasteiger partial charge in [0.1, 0.15) is 0 Å². The molecule has 3 heteroatoms. The summed E-state index contributed by atoms with van der Waals surface area (Å²) in [6.45, 7) is 1.22. The molecule has 3 rings (SSSR count). The van der Waals surface area contributed by atoms with Crippen LogP contribution in [0, 0.1) is 9.49 Å². The third-order valence-electron chi connectivity index (χ3n) is 4.40. The zero-order valence-electron chi connectivity index (χ0n) is 10.7. The van der Waals surface area contributed by atoms with Crippen LogP contribution < -0.4 is 10.6 Å². The fourth-order valence-electron chi connectivity index (χ4n) is 3.50. The molecule has 1 saturated carbocycles. The molecule has 2 nitrogen and oxygen atoms in total. The molecule has 1 saturated heterocycles. The normalized spacial score (nSPS) is 31.7. The fraction of sp³-hybridized carbons (Fsp3) is 0.600. The Labute approximate surface area is 123 Å². The minimum absolute atomic E-state index is 0.663. The van der Waals surface area contributed by atoms with Crippen LogP contribution in [0.3, 0.4) is 0 Å². The molecule has 3 unspecified atom stereocenters. The molecule has 0 aromatic heterocycles. The largest absolute Gasteiger partial charge is 0.381 e. The Kier molecular flexibility index (Phi) is 4.09. The Bertz CT molecular complexity index is 401. The van der Waals surface area contributed by atoms with Crippen LogP contribution >= 0.6 is 22.6 Å². The number of para-hydroxylation sites is 1. The van der Waals surface area contributed by atoms with E-state index in [0.717, 1.165) is 12.0 Å². The van der Waals surface area contributed by atoms with Gasteiger partial charge in [-0.05, 0) is 72.9 Å². The number of rotatable bonds is 3. The van der Waals surface area contributed by atoms with Gasteiger partial charge in [-0.2, -0.15) is 0 Å². The highest BCUT2D eigenvalue weighted by molar-refractivity contribution is 14.1. The molecule has 1 aromatic carbocycles. The Morgan fingerprint density at radius 3 is 2.78 bits per heavy atom. The number of benzene rings is 1. The number of halogens is 1. The lowest BCUT2D eigenvalue weighted by Crippen LogP contribution is -2.38. The molecule has 1 aliphatic carbocycles. The third-order valence-corrected chi connectivity index (χ3v) is 5.34. The summed E-state index contributed by atoms with van der Waals surface area (Å²) in [5.74, 6) is 0.823. The van der Waals surface area contributed by atoms with Crippen LogP contribution in [-0.4, -0.2) is 18.6 Å². The second-order valence-corrected chi connectivity index (χ2v) is 6.69. The van der Waals surface area contributed by atoms with Gasteiger partial charge in [-0.15, -0.1) is 0 Å². The number of nitrogens with one attached hydrogen (secondary N) is 2. The summed E-state index contributed by atoms with van der Waals surface area (Å²) in [4.78, 5) is 0. The van der Waals surface area contributed by atoms with Crippen molar-refractivity contribution in [1.29, 1.82) is 0 Å². The van der Waals surface area contributed by atoms with Crippen molar-refractivity contribution < 1.29 is 0 Å². The summed E-state index contributed by atoms with van der Waals surface area (Å²) in [7, 11) is 0. The molecule has 2 aliphatic rings. The molecular formula is C15H21IN2. The van der Waals surface area contributed by atoms with E-state index < -0.39 is 0 Å². The van der Waals surface area contributed by atoms with E-state index in [2.05, 4.69) is 57.5 Å². The zero-order valence-corrected chi connectivity index (χ0v) is 12.8. The third kappa shape index (κ3) is 2.67. The second-order valence-electron chi connectivity index (χ2n) is 5.53. The molecule has 0 amide bonds. The van der Waals surface area contributed by atoms with Crippen molar-refractivity contribution in [2.24, 2.45) is 5.92 Å². The molecule has 0 spiro atoms. The summed E-state index contributed by atoms with van der Waals surface area (Å²) >= 11 is 2.42. The molecule has 0 bridgehead atoms. The van der Waals surface area contributed by atoms with Gasteiger partial charge < -0.3 is 10.6 Å². The first-order chi connectivity index (χ1) is 8.84. The number of hydrogen-bond donors (Lipinski definition) is 2. The Hall–Kier alpha value is -0.290. The van der Waals surface area contributed by atoms with Crippen LogP contribution in [0.5, 0.6) is 0 Å². The first kappa shape index (κ1) is 12.7. The van der Waals surface area contributed by atoms with Gasteiger partial charge >= 0.3 is 0 Å². The molecule has 18 heavy (non-hydrogen) atoms. The van der Waals surface area contributed by atoms with Gasteiger partial charge in [0, 0.05) is 21.3 Å². The highest BCUT2D eigenvalue weighted by Crippen LogP contribution is 2.34. The predicted molar refractivity (Wildman–Crippen MR) is 84.9 cm³/mol. The van der Waals surface area contributed by atoms with Gasteiger partial charge in [-0.25, -0.2) is 0 Å². The average molecular weight is 356 g/mol. The van der Waals surface area contributed by atoms with Crippen molar-refractivity contribution in [3.63, 3.8) is 0 Å². The summed E-state index contributed by atoms with van der Waals surface area (Å²) in [6, 6.07) is 10.0. The first-order valence-corrected chi connectivity index (χ1v) is 8.17. The van der Waals surface area contributed by atoms with Crippen molar-refractivity contribution in [2.75, 3.05) is 11.9 Å². The van der Waals surface area contributed by atoms with Gasteiger partial charge in [-0.3, -0.25) is 0 Å². The maximum absolute atomic E-state index is 3.79. The highest BCUT2D eigenvalue weighted by atomic mass is 127. The molecule has 0 radical (unpaired) electrons. The first-order valence-electron chi connectivity index (χ1n) is 7.09. The van der Waals surface area contributed by atoms with Gasteiger partial charge in [0.05, 0.1) is 0 Å². The van der Waals surface area contributed by atoms with E-state index in [9.17, 15) is 0 Å². The minimum atomic E-state index is 0.663. The van der Waals surface area contributed by atoms with E-state index >= 15 is 0 Å². The maximum atomic E-state index is 3.79. The van der Waals surface area contributed by atoms with E-state index in [1.165, 1.54) is 47.9 Å². The van der Waals surface area contributed by atoms with E-state index in [1.807, 2.05) is 0 Å². The molecule has 1 aromatic rings.